The molecular formula is C15H16BrN3O. The molecule has 0 spiro atoms. The predicted octanol–water partition coefficient (Wildman–Crippen LogP) is 3.44. The Morgan fingerprint density at radius 3 is 2.60 bits per heavy atom. The molecular weight excluding hydrogens is 318 g/mol. The second-order valence-electron chi connectivity index (χ2n) is 4.44. The number of hydrogen-bond acceptors (Lipinski definition) is 3. The van der Waals surface area contributed by atoms with E-state index >= 15 is 0 Å². The van der Waals surface area contributed by atoms with Gasteiger partial charge in [0.25, 0.3) is 5.91 Å². The Hall–Kier alpha value is -2.01. The maximum atomic E-state index is 11.5. The summed E-state index contributed by atoms with van der Waals surface area (Å²) in [6.07, 6.45) is 0. The summed E-state index contributed by atoms with van der Waals surface area (Å²) >= 11 is 3.54. The lowest BCUT2D eigenvalue weighted by atomic mass is 10.1. The Bertz CT molecular complexity index is 656. The molecule has 0 aliphatic heterocycles. The van der Waals surface area contributed by atoms with Gasteiger partial charge in [-0.2, -0.15) is 0 Å². The minimum Gasteiger partial charge on any atom is -0.397 e. The third kappa shape index (κ3) is 2.93. The molecule has 4 nitrogen and oxygen atoms in total. The molecule has 0 aliphatic rings. The van der Waals surface area contributed by atoms with Gasteiger partial charge < -0.3 is 16.4 Å². The third-order valence-electron chi connectivity index (χ3n) is 3.00. The highest BCUT2D eigenvalue weighted by Gasteiger charge is 2.08. The molecule has 1 amide bonds. The van der Waals surface area contributed by atoms with Gasteiger partial charge in [0.2, 0.25) is 0 Å². The van der Waals surface area contributed by atoms with Crippen molar-refractivity contribution >= 4 is 38.9 Å². The van der Waals surface area contributed by atoms with Crippen LogP contribution in [0.1, 0.15) is 15.9 Å². The molecule has 5 heteroatoms. The number of anilines is 3. The van der Waals surface area contributed by atoms with E-state index in [1.165, 1.54) is 0 Å². The highest BCUT2D eigenvalue weighted by atomic mass is 79.9. The zero-order valence-corrected chi connectivity index (χ0v) is 12.9. The Balaban J connectivity index is 2.30. The molecule has 0 aliphatic carbocycles. The molecule has 2 rings (SSSR count). The molecule has 20 heavy (non-hydrogen) atoms. The highest BCUT2D eigenvalue weighted by Crippen LogP contribution is 2.31. The van der Waals surface area contributed by atoms with Crippen LogP contribution in [0.4, 0.5) is 17.1 Å². The number of nitrogen functional groups attached to an aromatic ring is 1. The first-order valence-electron chi connectivity index (χ1n) is 6.16. The lowest BCUT2D eigenvalue weighted by Gasteiger charge is -2.13. The average molecular weight is 334 g/mol. The number of nitrogens with one attached hydrogen (secondary N) is 2. The van der Waals surface area contributed by atoms with Crippen molar-refractivity contribution < 1.29 is 4.79 Å². The van der Waals surface area contributed by atoms with Gasteiger partial charge in [-0.15, -0.1) is 0 Å². The first-order valence-corrected chi connectivity index (χ1v) is 6.96. The van der Waals surface area contributed by atoms with Crippen LogP contribution < -0.4 is 16.4 Å². The van der Waals surface area contributed by atoms with Crippen LogP contribution in [0, 0.1) is 6.92 Å². The van der Waals surface area contributed by atoms with E-state index in [0.29, 0.717) is 11.3 Å². The minimum atomic E-state index is -0.153. The molecule has 0 bridgehead atoms. The van der Waals surface area contributed by atoms with Gasteiger partial charge in [-0.3, -0.25) is 4.79 Å². The van der Waals surface area contributed by atoms with Gasteiger partial charge in [0.05, 0.1) is 17.1 Å². The van der Waals surface area contributed by atoms with Crippen molar-refractivity contribution in [2.24, 2.45) is 0 Å². The Labute approximate surface area is 126 Å². The lowest BCUT2D eigenvalue weighted by molar-refractivity contribution is 0.0963. The molecule has 2 aromatic carbocycles. The Morgan fingerprint density at radius 2 is 1.95 bits per heavy atom. The molecule has 0 atom stereocenters. The number of benzene rings is 2. The van der Waals surface area contributed by atoms with Crippen molar-refractivity contribution in [3.63, 3.8) is 0 Å². The summed E-state index contributed by atoms with van der Waals surface area (Å²) in [6, 6.07) is 11.1. The minimum absolute atomic E-state index is 0.153. The van der Waals surface area contributed by atoms with Crippen LogP contribution in [-0.4, -0.2) is 13.0 Å². The fraction of sp³-hybridized carbons (Fsp3) is 0.133. The van der Waals surface area contributed by atoms with E-state index in [1.807, 2.05) is 25.1 Å². The molecule has 0 saturated carbocycles. The number of rotatable bonds is 3. The second-order valence-corrected chi connectivity index (χ2v) is 5.24. The van der Waals surface area contributed by atoms with E-state index < -0.39 is 0 Å². The van der Waals surface area contributed by atoms with Crippen molar-refractivity contribution in [2.75, 3.05) is 18.1 Å². The first-order chi connectivity index (χ1) is 9.52. The quantitative estimate of drug-likeness (QED) is 0.753. The number of nitrogens with two attached hydrogens (primary N) is 1. The molecule has 0 fully saturated rings. The molecule has 0 unspecified atom stereocenters. The number of aryl methyl sites for hydroxylation is 1. The normalized spacial score (nSPS) is 10.2. The average Bonchev–Trinajstić information content (AvgIpc) is 2.45. The Kier molecular flexibility index (Phi) is 4.29. The SMILES string of the molecule is CNC(=O)c1ccc(Nc2cccc(C)c2Br)c(N)c1. The van der Waals surface area contributed by atoms with Crippen LogP contribution in [0.2, 0.25) is 0 Å². The van der Waals surface area contributed by atoms with Gasteiger partial charge in [-0.25, -0.2) is 0 Å². The van der Waals surface area contributed by atoms with Gasteiger partial charge >= 0.3 is 0 Å². The number of hydrogen-bond donors (Lipinski definition) is 3. The van der Waals surface area contributed by atoms with Crippen LogP contribution in [0.5, 0.6) is 0 Å². The van der Waals surface area contributed by atoms with E-state index in [0.717, 1.165) is 21.4 Å². The number of amides is 1. The molecule has 4 N–H and O–H groups in total. The second kappa shape index (κ2) is 5.96. The number of carbonyl (C=O) groups is 1. The monoisotopic (exact) mass is 333 g/mol. The fourth-order valence-corrected chi connectivity index (χ4v) is 2.21. The van der Waals surface area contributed by atoms with Crippen molar-refractivity contribution in [2.45, 2.75) is 6.92 Å². The van der Waals surface area contributed by atoms with Crippen molar-refractivity contribution in [1.29, 1.82) is 0 Å². The summed E-state index contributed by atoms with van der Waals surface area (Å²) in [7, 11) is 1.59. The maximum absolute atomic E-state index is 11.5. The zero-order valence-electron chi connectivity index (χ0n) is 11.3. The number of carbonyl (C=O) groups excluding carboxylic acids is 1. The first kappa shape index (κ1) is 14.4. The Morgan fingerprint density at radius 1 is 1.20 bits per heavy atom. The fourth-order valence-electron chi connectivity index (χ4n) is 1.85. The summed E-state index contributed by atoms with van der Waals surface area (Å²) in [6.45, 7) is 2.02. The summed E-state index contributed by atoms with van der Waals surface area (Å²) in [4.78, 5) is 11.5. The van der Waals surface area contributed by atoms with Gasteiger partial charge in [0.1, 0.15) is 0 Å². The zero-order chi connectivity index (χ0) is 14.7. The largest absolute Gasteiger partial charge is 0.397 e. The predicted molar refractivity (Wildman–Crippen MR) is 86.4 cm³/mol. The summed E-state index contributed by atoms with van der Waals surface area (Å²) < 4.78 is 0.995. The summed E-state index contributed by atoms with van der Waals surface area (Å²) in [5, 5.41) is 5.83. The molecule has 2 aromatic rings. The van der Waals surface area contributed by atoms with Crippen molar-refractivity contribution in [3.05, 3.63) is 52.0 Å². The van der Waals surface area contributed by atoms with E-state index in [2.05, 4.69) is 26.6 Å². The lowest BCUT2D eigenvalue weighted by Crippen LogP contribution is -2.18. The standard InChI is InChI=1S/C15H16BrN3O/c1-9-4-3-5-13(14(9)16)19-12-7-6-10(8-11(12)17)15(20)18-2/h3-8,19H,17H2,1-2H3,(H,18,20). The van der Waals surface area contributed by atoms with Crippen LogP contribution >= 0.6 is 15.9 Å². The smallest absolute Gasteiger partial charge is 0.251 e. The van der Waals surface area contributed by atoms with Crippen molar-refractivity contribution in [3.8, 4) is 0 Å². The van der Waals surface area contributed by atoms with Gasteiger partial charge in [0.15, 0.2) is 0 Å². The maximum Gasteiger partial charge on any atom is 0.251 e. The van der Waals surface area contributed by atoms with Gasteiger partial charge in [-0.05, 0) is 52.7 Å². The van der Waals surface area contributed by atoms with Crippen LogP contribution in [0.25, 0.3) is 0 Å². The van der Waals surface area contributed by atoms with E-state index in [-0.39, 0.29) is 5.91 Å². The number of halogens is 1. The third-order valence-corrected chi connectivity index (χ3v) is 4.05. The molecule has 0 aromatic heterocycles. The van der Waals surface area contributed by atoms with E-state index in [1.54, 1.807) is 25.2 Å². The summed E-state index contributed by atoms with van der Waals surface area (Å²) in [5.74, 6) is -0.153. The van der Waals surface area contributed by atoms with E-state index in [4.69, 9.17) is 5.73 Å². The highest BCUT2D eigenvalue weighted by molar-refractivity contribution is 9.10. The molecule has 0 heterocycles. The molecule has 104 valence electrons. The van der Waals surface area contributed by atoms with Crippen LogP contribution in [0.3, 0.4) is 0 Å². The van der Waals surface area contributed by atoms with Gasteiger partial charge in [-0.1, -0.05) is 12.1 Å². The molecule has 0 saturated heterocycles. The van der Waals surface area contributed by atoms with Crippen molar-refractivity contribution in [1.82, 2.24) is 5.32 Å². The van der Waals surface area contributed by atoms with Crippen LogP contribution in [-0.2, 0) is 0 Å². The molecule has 0 radical (unpaired) electrons. The topological polar surface area (TPSA) is 67.2 Å². The van der Waals surface area contributed by atoms with E-state index in [9.17, 15) is 4.79 Å². The summed E-state index contributed by atoms with van der Waals surface area (Å²) in [5.41, 5.74) is 9.90. The van der Waals surface area contributed by atoms with Crippen LogP contribution in [0.15, 0.2) is 40.9 Å². The van der Waals surface area contributed by atoms with Gasteiger partial charge in [0, 0.05) is 17.1 Å².